The summed E-state index contributed by atoms with van der Waals surface area (Å²) in [4.78, 5) is 7.17. The molecule has 1 heterocycles. The van der Waals surface area contributed by atoms with Crippen LogP contribution in [-0.2, 0) is 0 Å². The van der Waals surface area contributed by atoms with E-state index in [-0.39, 0.29) is 11.0 Å². The van der Waals surface area contributed by atoms with Gasteiger partial charge in [-0.25, -0.2) is 32.8 Å². The van der Waals surface area contributed by atoms with Crippen molar-refractivity contribution in [1.29, 1.82) is 0 Å². The highest BCUT2D eigenvalue weighted by atomic mass is 35.5. The molecular formula is C10H5ClF5N5. The van der Waals surface area contributed by atoms with Crippen molar-refractivity contribution in [2.24, 2.45) is 5.84 Å². The molecule has 0 fully saturated rings. The van der Waals surface area contributed by atoms with Crippen LogP contribution in [0.4, 0.5) is 39.4 Å². The van der Waals surface area contributed by atoms with Gasteiger partial charge in [0.05, 0.1) is 6.20 Å². The Labute approximate surface area is 118 Å². The Balaban J connectivity index is 2.55. The van der Waals surface area contributed by atoms with Crippen molar-refractivity contribution < 1.29 is 22.0 Å². The van der Waals surface area contributed by atoms with E-state index in [1.165, 1.54) is 0 Å². The number of hydrogen-bond donors (Lipinski definition) is 3. The zero-order valence-electron chi connectivity index (χ0n) is 9.82. The van der Waals surface area contributed by atoms with Gasteiger partial charge in [-0.3, -0.25) is 5.43 Å². The normalized spacial score (nSPS) is 10.6. The zero-order chi connectivity index (χ0) is 15.7. The molecule has 0 bridgehead atoms. The first-order chi connectivity index (χ1) is 9.86. The first kappa shape index (κ1) is 15.2. The Morgan fingerprint density at radius 2 is 1.48 bits per heavy atom. The minimum Gasteiger partial charge on any atom is -0.334 e. The number of halogens is 6. The molecule has 112 valence electrons. The lowest BCUT2D eigenvalue weighted by Crippen LogP contribution is -2.12. The predicted octanol–water partition coefficient (Wildman–Crippen LogP) is 2.85. The number of anilines is 3. The Kier molecular flexibility index (Phi) is 4.09. The summed E-state index contributed by atoms with van der Waals surface area (Å²) in [5.74, 6) is -6.13. The van der Waals surface area contributed by atoms with E-state index < -0.39 is 40.6 Å². The molecule has 4 N–H and O–H groups in total. The number of nitrogens with one attached hydrogen (secondary N) is 2. The summed E-state index contributed by atoms with van der Waals surface area (Å²) in [6.07, 6.45) is 1.01. The summed E-state index contributed by atoms with van der Waals surface area (Å²) < 4.78 is 66.0. The largest absolute Gasteiger partial charge is 0.334 e. The molecule has 0 aliphatic rings. The van der Waals surface area contributed by atoms with Gasteiger partial charge < -0.3 is 5.32 Å². The van der Waals surface area contributed by atoms with Crippen LogP contribution in [0.3, 0.4) is 0 Å². The third-order valence-corrected chi connectivity index (χ3v) is 2.60. The van der Waals surface area contributed by atoms with Crippen molar-refractivity contribution in [1.82, 2.24) is 9.97 Å². The van der Waals surface area contributed by atoms with Crippen molar-refractivity contribution >= 4 is 29.1 Å². The van der Waals surface area contributed by atoms with Gasteiger partial charge in [-0.05, 0) is 0 Å². The number of hydrazine groups is 1. The molecular weight excluding hydrogens is 321 g/mol. The molecule has 0 aliphatic carbocycles. The Morgan fingerprint density at radius 3 is 2.00 bits per heavy atom. The standard InChI is InChI=1S/C10H5ClF5N5/c11-2-1-18-10(21-17)20-9(2)19-8-6(15)4(13)3(12)5(14)7(8)16/h1H,17H2,(H2,18,19,20,21). The van der Waals surface area contributed by atoms with Crippen molar-refractivity contribution in [3.05, 3.63) is 40.3 Å². The molecule has 21 heavy (non-hydrogen) atoms. The lowest BCUT2D eigenvalue weighted by atomic mass is 10.2. The van der Waals surface area contributed by atoms with E-state index in [1.807, 2.05) is 10.7 Å². The number of benzene rings is 1. The van der Waals surface area contributed by atoms with E-state index in [1.54, 1.807) is 0 Å². The van der Waals surface area contributed by atoms with Crippen LogP contribution in [0.25, 0.3) is 0 Å². The lowest BCUT2D eigenvalue weighted by molar-refractivity contribution is 0.382. The monoisotopic (exact) mass is 325 g/mol. The number of aromatic nitrogens is 2. The Bertz CT molecular complexity index is 682. The van der Waals surface area contributed by atoms with E-state index in [0.29, 0.717) is 0 Å². The van der Waals surface area contributed by atoms with Gasteiger partial charge in [-0.1, -0.05) is 11.6 Å². The summed E-state index contributed by atoms with van der Waals surface area (Å²) in [5, 5.41) is 1.69. The second kappa shape index (κ2) is 5.66. The highest BCUT2D eigenvalue weighted by molar-refractivity contribution is 6.32. The average molecular weight is 326 g/mol. The van der Waals surface area contributed by atoms with Gasteiger partial charge in [0.1, 0.15) is 10.7 Å². The van der Waals surface area contributed by atoms with Gasteiger partial charge in [-0.2, -0.15) is 4.98 Å². The summed E-state index contributed by atoms with van der Waals surface area (Å²) in [6, 6.07) is 0. The van der Waals surface area contributed by atoms with Crippen molar-refractivity contribution in [3.8, 4) is 0 Å². The van der Waals surface area contributed by atoms with Crippen LogP contribution in [0.5, 0.6) is 0 Å². The van der Waals surface area contributed by atoms with E-state index in [0.717, 1.165) is 6.20 Å². The van der Waals surface area contributed by atoms with Crippen LogP contribution in [0.2, 0.25) is 5.02 Å². The lowest BCUT2D eigenvalue weighted by Gasteiger charge is -2.11. The van der Waals surface area contributed by atoms with Gasteiger partial charge in [-0.15, -0.1) is 0 Å². The molecule has 2 aromatic rings. The fourth-order valence-corrected chi connectivity index (χ4v) is 1.50. The second-order valence-corrected chi connectivity index (χ2v) is 4.01. The van der Waals surface area contributed by atoms with E-state index >= 15 is 0 Å². The highest BCUT2D eigenvalue weighted by Gasteiger charge is 2.26. The quantitative estimate of drug-likeness (QED) is 0.266. The number of rotatable bonds is 3. The molecule has 1 aromatic heterocycles. The number of nitrogens with two attached hydrogens (primary N) is 1. The molecule has 0 radical (unpaired) electrons. The average Bonchev–Trinajstić information content (AvgIpc) is 2.49. The molecule has 2 rings (SSSR count). The fourth-order valence-electron chi connectivity index (χ4n) is 1.36. The summed E-state index contributed by atoms with van der Waals surface area (Å²) in [6.45, 7) is 0. The summed E-state index contributed by atoms with van der Waals surface area (Å²) >= 11 is 5.66. The molecule has 1 aromatic carbocycles. The Hall–Kier alpha value is -2.20. The zero-order valence-corrected chi connectivity index (χ0v) is 10.6. The topological polar surface area (TPSA) is 75.9 Å². The van der Waals surface area contributed by atoms with Crippen LogP contribution in [-0.4, -0.2) is 9.97 Å². The smallest absolute Gasteiger partial charge is 0.239 e. The molecule has 0 saturated heterocycles. The molecule has 0 amide bonds. The maximum Gasteiger partial charge on any atom is 0.239 e. The third kappa shape index (κ3) is 2.67. The molecule has 0 spiro atoms. The highest BCUT2D eigenvalue weighted by Crippen LogP contribution is 2.31. The minimum atomic E-state index is -2.27. The van der Waals surface area contributed by atoms with E-state index in [4.69, 9.17) is 17.4 Å². The maximum atomic E-state index is 13.5. The summed E-state index contributed by atoms with van der Waals surface area (Å²) in [5.41, 5.74) is 0.729. The van der Waals surface area contributed by atoms with Gasteiger partial charge in [0.25, 0.3) is 0 Å². The van der Waals surface area contributed by atoms with Gasteiger partial charge in [0.2, 0.25) is 11.8 Å². The number of hydrogen-bond acceptors (Lipinski definition) is 5. The van der Waals surface area contributed by atoms with Crippen LogP contribution in [0, 0.1) is 29.1 Å². The molecule has 5 nitrogen and oxygen atoms in total. The minimum absolute atomic E-state index is 0.189. The first-order valence-electron chi connectivity index (χ1n) is 5.14. The molecule has 0 unspecified atom stereocenters. The van der Waals surface area contributed by atoms with Gasteiger partial charge in [0.15, 0.2) is 29.1 Å². The molecule has 0 aliphatic heterocycles. The first-order valence-corrected chi connectivity index (χ1v) is 5.52. The summed E-state index contributed by atoms with van der Waals surface area (Å²) in [7, 11) is 0. The SMILES string of the molecule is NNc1ncc(Cl)c(Nc2c(F)c(F)c(F)c(F)c2F)n1. The van der Waals surface area contributed by atoms with Crippen molar-refractivity contribution in [3.63, 3.8) is 0 Å². The van der Waals surface area contributed by atoms with Crippen LogP contribution < -0.4 is 16.6 Å². The number of nitrogen functional groups attached to an aromatic ring is 1. The van der Waals surface area contributed by atoms with Crippen LogP contribution >= 0.6 is 11.6 Å². The fraction of sp³-hybridized carbons (Fsp3) is 0. The molecule has 0 saturated carbocycles. The molecule has 11 heteroatoms. The van der Waals surface area contributed by atoms with E-state index in [9.17, 15) is 22.0 Å². The predicted molar refractivity (Wildman–Crippen MR) is 64.4 cm³/mol. The van der Waals surface area contributed by atoms with E-state index in [2.05, 4.69) is 9.97 Å². The van der Waals surface area contributed by atoms with Crippen LogP contribution in [0.15, 0.2) is 6.20 Å². The Morgan fingerprint density at radius 1 is 0.952 bits per heavy atom. The third-order valence-electron chi connectivity index (χ3n) is 2.33. The maximum absolute atomic E-state index is 13.5. The molecule has 0 atom stereocenters. The van der Waals surface area contributed by atoms with Crippen LogP contribution in [0.1, 0.15) is 0 Å². The number of nitrogens with zero attached hydrogens (tertiary/aromatic N) is 2. The van der Waals surface area contributed by atoms with Gasteiger partial charge in [0, 0.05) is 0 Å². The van der Waals surface area contributed by atoms with Crippen molar-refractivity contribution in [2.75, 3.05) is 10.7 Å². The second-order valence-electron chi connectivity index (χ2n) is 3.60. The van der Waals surface area contributed by atoms with Crippen molar-refractivity contribution in [2.45, 2.75) is 0 Å². The van der Waals surface area contributed by atoms with Gasteiger partial charge >= 0.3 is 0 Å².